The third kappa shape index (κ3) is 4.80. The lowest BCUT2D eigenvalue weighted by molar-refractivity contribution is 0.141. The molecule has 1 heterocycles. The summed E-state index contributed by atoms with van der Waals surface area (Å²) in [5.41, 5.74) is 10.3. The Balaban J connectivity index is 1.84. The summed E-state index contributed by atoms with van der Waals surface area (Å²) in [4.78, 5) is 4.93. The van der Waals surface area contributed by atoms with E-state index < -0.39 is 0 Å². The zero-order valence-corrected chi connectivity index (χ0v) is 14.1. The predicted octanol–water partition coefficient (Wildman–Crippen LogP) is 2.72. The molecule has 1 aromatic carbocycles. The Labute approximate surface area is 130 Å². The second-order valence-corrected chi connectivity index (χ2v) is 6.83. The quantitative estimate of drug-likeness (QED) is 0.904. The minimum atomic E-state index is 0.150. The molecule has 3 heteroatoms. The van der Waals surface area contributed by atoms with Crippen LogP contribution in [0.3, 0.4) is 0 Å². The van der Waals surface area contributed by atoms with Gasteiger partial charge in [0.25, 0.3) is 0 Å². The Kier molecular flexibility index (Phi) is 5.80. The Morgan fingerprint density at radius 2 is 1.76 bits per heavy atom. The molecule has 0 aromatic heterocycles. The van der Waals surface area contributed by atoms with E-state index in [-0.39, 0.29) is 6.04 Å². The molecule has 0 saturated carbocycles. The van der Waals surface area contributed by atoms with E-state index in [4.69, 9.17) is 5.73 Å². The molecule has 3 nitrogen and oxygen atoms in total. The molecule has 1 fully saturated rings. The van der Waals surface area contributed by atoms with Crippen LogP contribution in [-0.2, 0) is 0 Å². The number of rotatable bonds is 5. The number of benzene rings is 1. The third-order valence-corrected chi connectivity index (χ3v) is 4.78. The van der Waals surface area contributed by atoms with Gasteiger partial charge in [-0.2, -0.15) is 0 Å². The summed E-state index contributed by atoms with van der Waals surface area (Å²) in [7, 11) is 4.47. The Morgan fingerprint density at radius 3 is 2.33 bits per heavy atom. The molecule has 1 atom stereocenters. The van der Waals surface area contributed by atoms with E-state index in [1.165, 1.54) is 42.6 Å². The van der Waals surface area contributed by atoms with Crippen LogP contribution in [0.4, 0.5) is 0 Å². The van der Waals surface area contributed by atoms with E-state index in [1.54, 1.807) is 0 Å². The van der Waals surface area contributed by atoms with E-state index in [0.29, 0.717) is 0 Å². The fraction of sp³-hybridized carbons (Fsp3) is 0.667. The normalized spacial score (nSPS) is 19.1. The molecule has 2 rings (SSSR count). The first-order valence-electron chi connectivity index (χ1n) is 8.18. The summed E-state index contributed by atoms with van der Waals surface area (Å²) in [6, 6.07) is 7.55. The van der Waals surface area contributed by atoms with Gasteiger partial charge in [0.15, 0.2) is 0 Å². The maximum Gasteiger partial charge on any atom is 0.0307 e. The van der Waals surface area contributed by atoms with E-state index in [9.17, 15) is 0 Å². The van der Waals surface area contributed by atoms with Gasteiger partial charge in [0.1, 0.15) is 0 Å². The summed E-state index contributed by atoms with van der Waals surface area (Å²) >= 11 is 0. The van der Waals surface area contributed by atoms with Crippen LogP contribution >= 0.6 is 0 Å². The van der Waals surface area contributed by atoms with Gasteiger partial charge < -0.3 is 15.5 Å². The third-order valence-electron chi connectivity index (χ3n) is 4.78. The molecule has 1 aromatic rings. The van der Waals surface area contributed by atoms with Crippen molar-refractivity contribution < 1.29 is 0 Å². The van der Waals surface area contributed by atoms with Gasteiger partial charge in [-0.25, -0.2) is 0 Å². The molecule has 2 N–H and O–H groups in total. The maximum absolute atomic E-state index is 6.40. The van der Waals surface area contributed by atoms with E-state index in [2.05, 4.69) is 55.9 Å². The topological polar surface area (TPSA) is 32.5 Å². The van der Waals surface area contributed by atoms with Gasteiger partial charge in [-0.3, -0.25) is 0 Å². The van der Waals surface area contributed by atoms with Gasteiger partial charge in [0.05, 0.1) is 0 Å². The van der Waals surface area contributed by atoms with Crippen molar-refractivity contribution in [1.82, 2.24) is 9.80 Å². The first-order chi connectivity index (χ1) is 9.95. The summed E-state index contributed by atoms with van der Waals surface area (Å²) in [5.74, 6) is 0. The molecule has 0 spiro atoms. The second kappa shape index (κ2) is 7.39. The Bertz CT molecular complexity index is 430. The molecule has 1 aliphatic heterocycles. The first kappa shape index (κ1) is 16.5. The minimum absolute atomic E-state index is 0.150. The molecule has 21 heavy (non-hydrogen) atoms. The SMILES string of the molecule is Cc1cc(C)cc(C(N)CCN(C)C2CCN(C)CC2)c1. The lowest BCUT2D eigenvalue weighted by atomic mass is 9.98. The van der Waals surface area contributed by atoms with Gasteiger partial charge in [-0.15, -0.1) is 0 Å². The Morgan fingerprint density at radius 1 is 1.19 bits per heavy atom. The van der Waals surface area contributed by atoms with Gasteiger partial charge in [0, 0.05) is 12.1 Å². The molecular formula is C18H31N3. The molecule has 1 saturated heterocycles. The lowest BCUT2D eigenvalue weighted by Gasteiger charge is -2.35. The number of likely N-dealkylation sites (tertiary alicyclic amines) is 1. The van der Waals surface area contributed by atoms with Crippen molar-refractivity contribution in [3.63, 3.8) is 0 Å². The minimum Gasteiger partial charge on any atom is -0.324 e. The molecule has 0 bridgehead atoms. The van der Waals surface area contributed by atoms with Crippen LogP contribution in [0.5, 0.6) is 0 Å². The van der Waals surface area contributed by atoms with Crippen LogP contribution in [0.15, 0.2) is 18.2 Å². The van der Waals surface area contributed by atoms with Crippen LogP contribution in [0.1, 0.15) is 42.0 Å². The fourth-order valence-electron chi connectivity index (χ4n) is 3.35. The van der Waals surface area contributed by atoms with Crippen molar-refractivity contribution in [2.75, 3.05) is 33.7 Å². The van der Waals surface area contributed by atoms with E-state index in [0.717, 1.165) is 19.0 Å². The monoisotopic (exact) mass is 289 g/mol. The van der Waals surface area contributed by atoms with E-state index in [1.807, 2.05) is 0 Å². The number of piperidine rings is 1. The van der Waals surface area contributed by atoms with E-state index >= 15 is 0 Å². The van der Waals surface area contributed by atoms with Gasteiger partial charge >= 0.3 is 0 Å². The zero-order chi connectivity index (χ0) is 15.4. The molecule has 1 aliphatic rings. The van der Waals surface area contributed by atoms with Crippen LogP contribution < -0.4 is 5.73 Å². The highest BCUT2D eigenvalue weighted by Gasteiger charge is 2.20. The standard InChI is InChI=1S/C18H31N3/c1-14-11-15(2)13-16(12-14)18(19)7-10-21(4)17-5-8-20(3)9-6-17/h11-13,17-18H,5-10,19H2,1-4H3. The molecule has 1 unspecified atom stereocenters. The summed E-state index contributed by atoms with van der Waals surface area (Å²) < 4.78 is 0. The highest BCUT2D eigenvalue weighted by atomic mass is 15.2. The Hall–Kier alpha value is -0.900. The molecule has 0 amide bonds. The van der Waals surface area contributed by atoms with Crippen molar-refractivity contribution in [2.24, 2.45) is 5.73 Å². The van der Waals surface area contributed by atoms with Crippen molar-refractivity contribution in [2.45, 2.75) is 45.2 Å². The summed E-state index contributed by atoms with van der Waals surface area (Å²) in [6.45, 7) is 7.82. The molecule has 118 valence electrons. The average molecular weight is 289 g/mol. The first-order valence-corrected chi connectivity index (χ1v) is 8.18. The van der Waals surface area contributed by atoms with Gasteiger partial charge in [-0.05, 0) is 72.4 Å². The molecule has 0 aliphatic carbocycles. The van der Waals surface area contributed by atoms with Crippen LogP contribution in [-0.4, -0.2) is 49.6 Å². The lowest BCUT2D eigenvalue weighted by Crippen LogP contribution is -2.42. The average Bonchev–Trinajstić information content (AvgIpc) is 2.44. The molecular weight excluding hydrogens is 258 g/mol. The maximum atomic E-state index is 6.40. The highest BCUT2D eigenvalue weighted by molar-refractivity contribution is 5.30. The smallest absolute Gasteiger partial charge is 0.0307 e. The highest BCUT2D eigenvalue weighted by Crippen LogP contribution is 2.20. The summed E-state index contributed by atoms with van der Waals surface area (Å²) in [5, 5.41) is 0. The van der Waals surface area contributed by atoms with Gasteiger partial charge in [0.2, 0.25) is 0 Å². The number of hydrogen-bond acceptors (Lipinski definition) is 3. The zero-order valence-electron chi connectivity index (χ0n) is 14.1. The van der Waals surface area contributed by atoms with Crippen LogP contribution in [0.25, 0.3) is 0 Å². The predicted molar refractivity (Wildman–Crippen MR) is 90.6 cm³/mol. The van der Waals surface area contributed by atoms with Crippen molar-refractivity contribution in [3.8, 4) is 0 Å². The second-order valence-electron chi connectivity index (χ2n) is 6.83. The van der Waals surface area contributed by atoms with Crippen LogP contribution in [0, 0.1) is 13.8 Å². The number of aryl methyl sites for hydroxylation is 2. The van der Waals surface area contributed by atoms with Crippen molar-refractivity contribution >= 4 is 0 Å². The molecule has 0 radical (unpaired) electrons. The van der Waals surface area contributed by atoms with Crippen molar-refractivity contribution in [3.05, 3.63) is 34.9 Å². The number of nitrogens with two attached hydrogens (primary N) is 1. The number of hydrogen-bond donors (Lipinski definition) is 1. The van der Waals surface area contributed by atoms with Gasteiger partial charge in [-0.1, -0.05) is 29.3 Å². The van der Waals surface area contributed by atoms with Crippen molar-refractivity contribution in [1.29, 1.82) is 0 Å². The number of nitrogens with zero attached hydrogens (tertiary/aromatic N) is 2. The summed E-state index contributed by atoms with van der Waals surface area (Å²) in [6.07, 6.45) is 3.60. The fourth-order valence-corrected chi connectivity index (χ4v) is 3.35. The van der Waals surface area contributed by atoms with Crippen LogP contribution in [0.2, 0.25) is 0 Å². The largest absolute Gasteiger partial charge is 0.324 e.